The summed E-state index contributed by atoms with van der Waals surface area (Å²) < 4.78 is 5.48. The number of carbonyl (C=O) groups is 1. The Morgan fingerprint density at radius 3 is 2.74 bits per heavy atom. The molecule has 1 aromatic heterocycles. The molecular weight excluding hydrogens is 264 g/mol. The van der Waals surface area contributed by atoms with E-state index in [1.54, 1.807) is 0 Å². The molecule has 0 atom stereocenters. The molecule has 0 spiro atoms. The minimum Gasteiger partial charge on any atom is -0.494 e. The molecule has 5 nitrogen and oxygen atoms in total. The second kappa shape index (κ2) is 6.19. The van der Waals surface area contributed by atoms with Gasteiger partial charge in [0.05, 0.1) is 6.61 Å². The first kappa shape index (κ1) is 13.4. The van der Waals surface area contributed by atoms with Gasteiger partial charge in [0.15, 0.2) is 10.8 Å². The first-order valence-corrected chi connectivity index (χ1v) is 6.75. The Labute approximate surface area is 114 Å². The van der Waals surface area contributed by atoms with Gasteiger partial charge >= 0.3 is 5.97 Å². The van der Waals surface area contributed by atoms with Crippen LogP contribution in [0.3, 0.4) is 0 Å². The summed E-state index contributed by atoms with van der Waals surface area (Å²) in [6.45, 7) is 2.75. The fourth-order valence-corrected chi connectivity index (χ4v) is 2.11. The summed E-state index contributed by atoms with van der Waals surface area (Å²) in [4.78, 5) is 14.7. The van der Waals surface area contributed by atoms with E-state index in [0.717, 1.165) is 17.9 Å². The quantitative estimate of drug-likeness (QED) is 0.847. The predicted octanol–water partition coefficient (Wildman–Crippen LogP) is 3.37. The fourth-order valence-electron chi connectivity index (χ4n) is 1.41. The first-order valence-electron chi connectivity index (χ1n) is 5.87. The van der Waals surface area contributed by atoms with Crippen LogP contribution in [0.2, 0.25) is 0 Å². The largest absolute Gasteiger partial charge is 0.494 e. The lowest BCUT2D eigenvalue weighted by atomic mass is 10.3. The molecule has 2 aromatic rings. The van der Waals surface area contributed by atoms with E-state index < -0.39 is 5.97 Å². The Morgan fingerprint density at radius 1 is 1.42 bits per heavy atom. The summed E-state index contributed by atoms with van der Waals surface area (Å²) in [6, 6.07) is 7.47. The number of nitrogens with one attached hydrogen (secondary N) is 1. The van der Waals surface area contributed by atoms with Gasteiger partial charge in [-0.1, -0.05) is 6.92 Å². The van der Waals surface area contributed by atoms with E-state index in [2.05, 4.69) is 17.2 Å². The van der Waals surface area contributed by atoms with Crippen molar-refractivity contribution in [2.75, 3.05) is 11.9 Å². The molecule has 0 aliphatic rings. The number of aromatic nitrogens is 1. The second-order valence-corrected chi connectivity index (χ2v) is 4.70. The molecule has 19 heavy (non-hydrogen) atoms. The van der Waals surface area contributed by atoms with Crippen LogP contribution in [0.15, 0.2) is 29.6 Å². The maximum absolute atomic E-state index is 10.7. The Kier molecular flexibility index (Phi) is 4.35. The number of carboxylic acids is 1. The van der Waals surface area contributed by atoms with E-state index in [0.29, 0.717) is 11.7 Å². The summed E-state index contributed by atoms with van der Waals surface area (Å²) in [5.41, 5.74) is 0.894. The van der Waals surface area contributed by atoms with E-state index >= 15 is 0 Å². The lowest BCUT2D eigenvalue weighted by Gasteiger charge is -2.06. The maximum atomic E-state index is 10.7. The molecule has 2 rings (SSSR count). The SMILES string of the molecule is CCCOc1ccc(Nc2nc(C(=O)O)cs2)cc1. The number of ether oxygens (including phenoxy) is 1. The number of hydrogen-bond donors (Lipinski definition) is 2. The van der Waals surface area contributed by atoms with Gasteiger partial charge in [0, 0.05) is 11.1 Å². The van der Waals surface area contributed by atoms with Gasteiger partial charge in [-0.15, -0.1) is 11.3 Å². The smallest absolute Gasteiger partial charge is 0.355 e. The van der Waals surface area contributed by atoms with Crippen LogP contribution in [0.1, 0.15) is 23.8 Å². The standard InChI is InChI=1S/C13H14N2O3S/c1-2-7-18-10-5-3-9(4-6-10)14-13-15-11(8-19-13)12(16)17/h3-6,8H,2,7H2,1H3,(H,14,15)(H,16,17). The molecule has 0 aliphatic carbocycles. The predicted molar refractivity (Wildman–Crippen MR) is 74.6 cm³/mol. The average molecular weight is 278 g/mol. The number of aromatic carboxylic acids is 1. The molecule has 1 heterocycles. The monoisotopic (exact) mass is 278 g/mol. The number of anilines is 2. The van der Waals surface area contributed by atoms with Crippen molar-refractivity contribution in [1.29, 1.82) is 0 Å². The van der Waals surface area contributed by atoms with Gasteiger partial charge in [-0.3, -0.25) is 0 Å². The van der Waals surface area contributed by atoms with Gasteiger partial charge in [-0.05, 0) is 30.7 Å². The molecule has 100 valence electrons. The van der Waals surface area contributed by atoms with Crippen LogP contribution >= 0.6 is 11.3 Å². The zero-order chi connectivity index (χ0) is 13.7. The molecule has 0 fully saturated rings. The molecule has 0 aliphatic heterocycles. The number of rotatable bonds is 6. The van der Waals surface area contributed by atoms with Crippen molar-refractivity contribution in [1.82, 2.24) is 4.98 Å². The highest BCUT2D eigenvalue weighted by atomic mass is 32.1. The molecule has 0 saturated carbocycles. The average Bonchev–Trinajstić information content (AvgIpc) is 2.87. The molecule has 2 N–H and O–H groups in total. The molecule has 0 bridgehead atoms. The number of carboxylic acid groups (broad SMARTS) is 1. The first-order chi connectivity index (χ1) is 9.19. The summed E-state index contributed by atoms with van der Waals surface area (Å²) in [5.74, 6) is -0.203. The maximum Gasteiger partial charge on any atom is 0.355 e. The third kappa shape index (κ3) is 3.69. The van der Waals surface area contributed by atoms with Crippen molar-refractivity contribution in [3.05, 3.63) is 35.3 Å². The second-order valence-electron chi connectivity index (χ2n) is 3.84. The van der Waals surface area contributed by atoms with Gasteiger partial charge in [0.25, 0.3) is 0 Å². The zero-order valence-corrected chi connectivity index (χ0v) is 11.2. The van der Waals surface area contributed by atoms with Gasteiger partial charge in [0.1, 0.15) is 5.75 Å². The van der Waals surface area contributed by atoms with Crippen LogP contribution in [0.5, 0.6) is 5.75 Å². The molecule has 0 radical (unpaired) electrons. The van der Waals surface area contributed by atoms with Crippen molar-refractivity contribution < 1.29 is 14.6 Å². The van der Waals surface area contributed by atoms with E-state index in [1.165, 1.54) is 16.7 Å². The lowest BCUT2D eigenvalue weighted by Crippen LogP contribution is -1.97. The van der Waals surface area contributed by atoms with Crippen LogP contribution in [0.4, 0.5) is 10.8 Å². The number of thiazole rings is 1. The molecule has 1 aromatic carbocycles. The van der Waals surface area contributed by atoms with Gasteiger partial charge in [-0.25, -0.2) is 9.78 Å². The van der Waals surface area contributed by atoms with Crippen molar-refractivity contribution in [2.24, 2.45) is 0 Å². The van der Waals surface area contributed by atoms with Crippen molar-refractivity contribution >= 4 is 28.1 Å². The number of hydrogen-bond acceptors (Lipinski definition) is 5. The number of nitrogens with zero attached hydrogens (tertiary/aromatic N) is 1. The van der Waals surface area contributed by atoms with Crippen LogP contribution in [0, 0.1) is 0 Å². The Bertz CT molecular complexity index is 551. The van der Waals surface area contributed by atoms with E-state index in [4.69, 9.17) is 9.84 Å². The number of benzene rings is 1. The molecule has 0 unspecified atom stereocenters. The van der Waals surface area contributed by atoms with E-state index in [1.807, 2.05) is 24.3 Å². The van der Waals surface area contributed by atoms with Crippen LogP contribution in [0.25, 0.3) is 0 Å². The van der Waals surface area contributed by atoms with Crippen LogP contribution in [-0.4, -0.2) is 22.7 Å². The van der Waals surface area contributed by atoms with E-state index in [9.17, 15) is 4.79 Å². The van der Waals surface area contributed by atoms with Crippen LogP contribution < -0.4 is 10.1 Å². The highest BCUT2D eigenvalue weighted by molar-refractivity contribution is 7.14. The van der Waals surface area contributed by atoms with Crippen molar-refractivity contribution in [3.8, 4) is 5.75 Å². The fraction of sp³-hybridized carbons (Fsp3) is 0.231. The highest BCUT2D eigenvalue weighted by Gasteiger charge is 2.08. The topological polar surface area (TPSA) is 71.5 Å². The molecular formula is C13H14N2O3S. The lowest BCUT2D eigenvalue weighted by molar-refractivity contribution is 0.0691. The van der Waals surface area contributed by atoms with Gasteiger partial charge < -0.3 is 15.2 Å². The van der Waals surface area contributed by atoms with E-state index in [-0.39, 0.29) is 5.69 Å². The molecule has 0 saturated heterocycles. The van der Waals surface area contributed by atoms with Gasteiger partial charge in [-0.2, -0.15) is 0 Å². The third-order valence-corrected chi connectivity index (χ3v) is 3.06. The normalized spacial score (nSPS) is 10.2. The van der Waals surface area contributed by atoms with Crippen LogP contribution in [-0.2, 0) is 0 Å². The van der Waals surface area contributed by atoms with Crippen molar-refractivity contribution in [2.45, 2.75) is 13.3 Å². The van der Waals surface area contributed by atoms with Gasteiger partial charge in [0.2, 0.25) is 0 Å². The Hall–Kier alpha value is -2.08. The summed E-state index contributed by atoms with van der Waals surface area (Å²) in [6.07, 6.45) is 0.969. The molecule has 0 amide bonds. The Balaban J connectivity index is 2.00. The highest BCUT2D eigenvalue weighted by Crippen LogP contribution is 2.23. The third-order valence-electron chi connectivity index (χ3n) is 2.30. The minimum absolute atomic E-state index is 0.0513. The summed E-state index contributed by atoms with van der Waals surface area (Å²) in [7, 11) is 0. The summed E-state index contributed by atoms with van der Waals surface area (Å²) in [5, 5.41) is 13.9. The van der Waals surface area contributed by atoms with Crippen molar-refractivity contribution in [3.63, 3.8) is 0 Å². The zero-order valence-electron chi connectivity index (χ0n) is 10.4. The summed E-state index contributed by atoms with van der Waals surface area (Å²) >= 11 is 1.26. The molecule has 6 heteroatoms. The minimum atomic E-state index is -1.02. The Morgan fingerprint density at radius 2 is 2.16 bits per heavy atom.